The highest BCUT2D eigenvalue weighted by Crippen LogP contribution is 2.30. The third-order valence-corrected chi connectivity index (χ3v) is 2.62. The Labute approximate surface area is 94.6 Å². The highest BCUT2D eigenvalue weighted by molar-refractivity contribution is 9.10. The van der Waals surface area contributed by atoms with Gasteiger partial charge in [0.25, 0.3) is 5.69 Å². The maximum Gasteiger partial charge on any atom is 0.274 e. The lowest BCUT2D eigenvalue weighted by Crippen LogP contribution is -2.15. The molecule has 0 heterocycles. The van der Waals surface area contributed by atoms with Crippen molar-refractivity contribution in [3.63, 3.8) is 0 Å². The number of nitrogens with zero attached hydrogens (tertiary/aromatic N) is 1. The Morgan fingerprint density at radius 2 is 2.07 bits per heavy atom. The molecule has 82 valence electrons. The molecule has 0 amide bonds. The molecule has 0 spiro atoms. The lowest BCUT2D eigenvalue weighted by molar-refractivity contribution is -0.386. The molecule has 0 aliphatic heterocycles. The summed E-state index contributed by atoms with van der Waals surface area (Å²) in [5.74, 6) is -0.696. The molecule has 1 rings (SSSR count). The van der Waals surface area contributed by atoms with Crippen LogP contribution in [0.25, 0.3) is 0 Å². The molecule has 0 radical (unpaired) electrons. The van der Waals surface area contributed by atoms with E-state index in [1.807, 2.05) is 0 Å². The summed E-state index contributed by atoms with van der Waals surface area (Å²) in [4.78, 5) is 10.2. The number of nitro benzene ring substituents is 1. The number of aliphatic hydroxyl groups excluding tert-OH is 1. The summed E-state index contributed by atoms with van der Waals surface area (Å²) in [5, 5.41) is 28.7. The first-order valence-corrected chi connectivity index (χ1v) is 5.02. The molecule has 0 bridgehead atoms. The van der Waals surface area contributed by atoms with E-state index < -0.39 is 17.1 Å². The van der Waals surface area contributed by atoms with Gasteiger partial charge >= 0.3 is 0 Å². The molecule has 5 nitrogen and oxygen atoms in total. The van der Waals surface area contributed by atoms with Gasteiger partial charge in [-0.1, -0.05) is 28.9 Å². The number of aliphatic hydroxyl groups is 2. The molecular weight excluding hydrogens is 266 g/mol. The lowest BCUT2D eigenvalue weighted by atomic mass is 9.99. The van der Waals surface area contributed by atoms with E-state index in [2.05, 4.69) is 15.9 Å². The zero-order valence-electron chi connectivity index (χ0n) is 7.92. The average molecular weight is 276 g/mol. The molecule has 0 aliphatic carbocycles. The number of hydrogen-bond donors (Lipinski definition) is 2. The van der Waals surface area contributed by atoms with Crippen molar-refractivity contribution in [2.45, 2.75) is 19.1 Å². The quantitative estimate of drug-likeness (QED) is 0.500. The SMILES string of the molecule is CC(c1ccc(Br)cc1[N+](=O)[O-])C(O)O. The van der Waals surface area contributed by atoms with E-state index in [1.54, 1.807) is 6.07 Å². The number of nitro groups is 1. The third-order valence-electron chi connectivity index (χ3n) is 2.13. The fourth-order valence-electron chi connectivity index (χ4n) is 1.22. The summed E-state index contributed by atoms with van der Waals surface area (Å²) in [7, 11) is 0. The van der Waals surface area contributed by atoms with Crippen molar-refractivity contribution in [3.8, 4) is 0 Å². The summed E-state index contributed by atoms with van der Waals surface area (Å²) in [6.45, 7) is 1.51. The molecule has 1 atom stereocenters. The zero-order chi connectivity index (χ0) is 11.6. The smallest absolute Gasteiger partial charge is 0.274 e. The molecular formula is C9H10BrNO4. The Kier molecular flexibility index (Phi) is 3.78. The Morgan fingerprint density at radius 3 is 2.53 bits per heavy atom. The van der Waals surface area contributed by atoms with Crippen LogP contribution in [-0.2, 0) is 0 Å². The minimum absolute atomic E-state index is 0.120. The van der Waals surface area contributed by atoms with Crippen molar-refractivity contribution in [1.29, 1.82) is 0 Å². The highest BCUT2D eigenvalue weighted by atomic mass is 79.9. The third kappa shape index (κ3) is 2.74. The van der Waals surface area contributed by atoms with Crippen molar-refractivity contribution in [1.82, 2.24) is 0 Å². The first-order chi connectivity index (χ1) is 6.93. The number of hydrogen-bond acceptors (Lipinski definition) is 4. The fraction of sp³-hybridized carbons (Fsp3) is 0.333. The van der Waals surface area contributed by atoms with E-state index in [9.17, 15) is 10.1 Å². The van der Waals surface area contributed by atoms with Gasteiger partial charge in [-0.2, -0.15) is 0 Å². The van der Waals surface area contributed by atoms with Crippen molar-refractivity contribution in [3.05, 3.63) is 38.3 Å². The number of halogens is 1. The van der Waals surface area contributed by atoms with Crippen LogP contribution in [0.3, 0.4) is 0 Å². The average Bonchev–Trinajstić information content (AvgIpc) is 2.16. The normalized spacial score (nSPS) is 12.9. The predicted octanol–water partition coefficient (Wildman–Crippen LogP) is 1.77. The van der Waals surface area contributed by atoms with Crippen LogP contribution in [0.2, 0.25) is 0 Å². The van der Waals surface area contributed by atoms with Gasteiger partial charge in [0.2, 0.25) is 0 Å². The minimum atomic E-state index is -1.61. The van der Waals surface area contributed by atoms with E-state index in [1.165, 1.54) is 19.1 Å². The summed E-state index contributed by atoms with van der Waals surface area (Å²) in [6, 6.07) is 4.47. The second-order valence-electron chi connectivity index (χ2n) is 3.16. The Bertz CT molecular complexity index is 380. The monoisotopic (exact) mass is 275 g/mol. The van der Waals surface area contributed by atoms with E-state index >= 15 is 0 Å². The molecule has 0 aromatic heterocycles. The first kappa shape index (κ1) is 12.1. The van der Waals surface area contributed by atoms with Gasteiger partial charge in [-0.3, -0.25) is 10.1 Å². The van der Waals surface area contributed by atoms with Gasteiger partial charge in [-0.25, -0.2) is 0 Å². The second kappa shape index (κ2) is 4.69. The number of benzene rings is 1. The highest BCUT2D eigenvalue weighted by Gasteiger charge is 2.23. The summed E-state index contributed by atoms with van der Waals surface area (Å²) >= 11 is 3.12. The molecule has 1 unspecified atom stereocenters. The maximum atomic E-state index is 10.7. The Hall–Kier alpha value is -0.980. The van der Waals surface area contributed by atoms with Crippen LogP contribution >= 0.6 is 15.9 Å². The summed E-state index contributed by atoms with van der Waals surface area (Å²) in [6.07, 6.45) is -1.61. The topological polar surface area (TPSA) is 83.6 Å². The Balaban J connectivity index is 3.22. The van der Waals surface area contributed by atoms with Crippen LogP contribution in [-0.4, -0.2) is 21.4 Å². The van der Waals surface area contributed by atoms with Crippen molar-refractivity contribution < 1.29 is 15.1 Å². The molecule has 0 saturated heterocycles. The van der Waals surface area contributed by atoms with Gasteiger partial charge in [-0.15, -0.1) is 0 Å². The summed E-state index contributed by atoms with van der Waals surface area (Å²) < 4.78 is 0.581. The van der Waals surface area contributed by atoms with Gasteiger partial charge in [0.1, 0.15) is 0 Å². The van der Waals surface area contributed by atoms with Gasteiger partial charge in [0.05, 0.1) is 4.92 Å². The summed E-state index contributed by atoms with van der Waals surface area (Å²) in [5.41, 5.74) is 0.183. The zero-order valence-corrected chi connectivity index (χ0v) is 9.51. The molecule has 1 aromatic rings. The molecule has 1 aromatic carbocycles. The van der Waals surface area contributed by atoms with Crippen molar-refractivity contribution in [2.75, 3.05) is 0 Å². The van der Waals surface area contributed by atoms with Gasteiger partial charge in [0.15, 0.2) is 6.29 Å². The largest absolute Gasteiger partial charge is 0.368 e. The van der Waals surface area contributed by atoms with Crippen molar-refractivity contribution >= 4 is 21.6 Å². The van der Waals surface area contributed by atoms with Crippen LogP contribution in [0.4, 0.5) is 5.69 Å². The van der Waals surface area contributed by atoms with Crippen LogP contribution in [0.15, 0.2) is 22.7 Å². The molecule has 15 heavy (non-hydrogen) atoms. The Morgan fingerprint density at radius 1 is 1.47 bits per heavy atom. The standard InChI is InChI=1S/C9H10BrNO4/c1-5(9(12)13)7-3-2-6(10)4-8(7)11(14)15/h2-5,9,12-13H,1H3. The number of rotatable bonds is 3. The van der Waals surface area contributed by atoms with Crippen LogP contribution < -0.4 is 0 Å². The van der Waals surface area contributed by atoms with E-state index in [0.29, 0.717) is 10.0 Å². The van der Waals surface area contributed by atoms with Gasteiger partial charge in [0, 0.05) is 22.0 Å². The van der Waals surface area contributed by atoms with E-state index in [0.717, 1.165) is 0 Å². The van der Waals surface area contributed by atoms with Gasteiger partial charge in [-0.05, 0) is 6.07 Å². The van der Waals surface area contributed by atoms with Crippen LogP contribution in [0.5, 0.6) is 0 Å². The predicted molar refractivity (Wildman–Crippen MR) is 57.4 cm³/mol. The molecule has 0 aliphatic rings. The first-order valence-electron chi connectivity index (χ1n) is 4.23. The van der Waals surface area contributed by atoms with Crippen LogP contribution in [0, 0.1) is 10.1 Å². The molecule has 0 saturated carbocycles. The minimum Gasteiger partial charge on any atom is -0.368 e. The molecule has 2 N–H and O–H groups in total. The van der Waals surface area contributed by atoms with Crippen molar-refractivity contribution in [2.24, 2.45) is 0 Å². The fourth-order valence-corrected chi connectivity index (χ4v) is 1.57. The second-order valence-corrected chi connectivity index (χ2v) is 4.08. The van der Waals surface area contributed by atoms with E-state index in [-0.39, 0.29) is 5.69 Å². The van der Waals surface area contributed by atoms with Gasteiger partial charge < -0.3 is 10.2 Å². The van der Waals surface area contributed by atoms with Crippen LogP contribution in [0.1, 0.15) is 18.4 Å². The molecule has 0 fully saturated rings. The van der Waals surface area contributed by atoms with E-state index in [4.69, 9.17) is 10.2 Å². The lowest BCUT2D eigenvalue weighted by Gasteiger charge is -2.13. The maximum absolute atomic E-state index is 10.7. The molecule has 6 heteroatoms.